The molecule has 0 aromatic heterocycles. The number of halogens is 1. The van der Waals surface area contributed by atoms with Crippen LogP contribution in [0.5, 0.6) is 0 Å². The Kier molecular flexibility index (Phi) is 5.91. The Morgan fingerprint density at radius 3 is 2.31 bits per heavy atom. The predicted molar refractivity (Wildman–Crippen MR) is 120 cm³/mol. The van der Waals surface area contributed by atoms with Crippen LogP contribution in [0.25, 0.3) is 5.76 Å². The van der Waals surface area contributed by atoms with Crippen molar-refractivity contribution in [3.05, 3.63) is 76.6 Å². The van der Waals surface area contributed by atoms with Gasteiger partial charge in [0.2, 0.25) is 0 Å². The minimum atomic E-state index is -0.741. The molecule has 2 aliphatic heterocycles. The molecule has 1 N–H and O–H groups in total. The molecule has 2 aliphatic rings. The molecule has 2 aromatic rings. The molecule has 2 saturated heterocycles. The fraction of sp³-hybridized carbons (Fsp3) is 0.385. The van der Waals surface area contributed by atoms with Crippen molar-refractivity contribution in [1.29, 1.82) is 0 Å². The summed E-state index contributed by atoms with van der Waals surface area (Å²) in [5.41, 5.74) is 2.11. The quantitative estimate of drug-likeness (QED) is 0.427. The number of carbonyl (C=O) groups excluding carboxylic acids is 2. The van der Waals surface area contributed by atoms with E-state index in [1.54, 1.807) is 0 Å². The lowest BCUT2D eigenvalue weighted by atomic mass is 9.85. The SMILES string of the molecule is CC(C)(C)c1ccc(C2/C(=C(/O)c3ccc(F)cc3)C(=O)C(=O)N2CC2CCCO2)cc1. The van der Waals surface area contributed by atoms with Crippen molar-refractivity contribution in [3.8, 4) is 0 Å². The van der Waals surface area contributed by atoms with Gasteiger partial charge >= 0.3 is 0 Å². The normalized spacial score (nSPS) is 23.2. The molecule has 0 spiro atoms. The average molecular weight is 438 g/mol. The number of benzene rings is 2. The Bertz CT molecular complexity index is 1040. The number of amides is 1. The fourth-order valence-corrected chi connectivity index (χ4v) is 4.35. The second kappa shape index (κ2) is 8.51. The predicted octanol–water partition coefficient (Wildman–Crippen LogP) is 4.72. The monoisotopic (exact) mass is 437 g/mol. The highest BCUT2D eigenvalue weighted by Crippen LogP contribution is 2.40. The molecular weight excluding hydrogens is 409 g/mol. The van der Waals surface area contributed by atoms with E-state index in [0.29, 0.717) is 6.61 Å². The Morgan fingerprint density at radius 1 is 1.09 bits per heavy atom. The Hall–Kier alpha value is -2.99. The number of ether oxygens (including phenoxy) is 1. The lowest BCUT2D eigenvalue weighted by molar-refractivity contribution is -0.140. The van der Waals surface area contributed by atoms with Gasteiger partial charge in [-0.2, -0.15) is 0 Å². The van der Waals surface area contributed by atoms with Crippen molar-refractivity contribution in [3.63, 3.8) is 0 Å². The molecule has 0 saturated carbocycles. The standard InChI is InChI=1S/C26H28FNO4/c1-26(2,3)18-10-6-16(7-11-18)22-21(23(29)17-8-12-19(27)13-9-17)24(30)25(31)28(22)15-20-5-4-14-32-20/h6-13,20,22,29H,4-5,14-15H2,1-3H3/b23-21-. The molecule has 6 heteroatoms. The van der Waals surface area contributed by atoms with Crippen LogP contribution in [0.15, 0.2) is 54.1 Å². The van der Waals surface area contributed by atoms with Gasteiger partial charge in [-0.1, -0.05) is 45.0 Å². The highest BCUT2D eigenvalue weighted by molar-refractivity contribution is 6.46. The average Bonchev–Trinajstić information content (AvgIpc) is 3.36. The molecule has 2 aromatic carbocycles. The first-order chi connectivity index (χ1) is 15.2. The summed E-state index contributed by atoms with van der Waals surface area (Å²) in [7, 11) is 0. The highest BCUT2D eigenvalue weighted by atomic mass is 19.1. The maximum Gasteiger partial charge on any atom is 0.295 e. The number of carbonyl (C=O) groups is 2. The van der Waals surface area contributed by atoms with Gasteiger partial charge in [0.1, 0.15) is 11.6 Å². The zero-order chi connectivity index (χ0) is 23.0. The topological polar surface area (TPSA) is 66.8 Å². The van der Waals surface area contributed by atoms with Crippen molar-refractivity contribution < 1.29 is 23.8 Å². The molecule has 2 unspecified atom stereocenters. The third kappa shape index (κ3) is 4.19. The first-order valence-electron chi connectivity index (χ1n) is 10.9. The summed E-state index contributed by atoms with van der Waals surface area (Å²) < 4.78 is 19.1. The summed E-state index contributed by atoms with van der Waals surface area (Å²) >= 11 is 0. The molecule has 32 heavy (non-hydrogen) atoms. The van der Waals surface area contributed by atoms with Gasteiger partial charge in [-0.05, 0) is 53.6 Å². The lowest BCUT2D eigenvalue weighted by Gasteiger charge is -2.28. The van der Waals surface area contributed by atoms with E-state index >= 15 is 0 Å². The number of aliphatic hydroxyl groups is 1. The molecule has 0 aliphatic carbocycles. The first-order valence-corrected chi connectivity index (χ1v) is 10.9. The number of hydrogen-bond acceptors (Lipinski definition) is 4. The van der Waals surface area contributed by atoms with E-state index in [9.17, 15) is 19.1 Å². The van der Waals surface area contributed by atoms with E-state index < -0.39 is 23.5 Å². The minimum absolute atomic E-state index is 0.0168. The van der Waals surface area contributed by atoms with Gasteiger partial charge in [-0.25, -0.2) is 4.39 Å². The molecule has 168 valence electrons. The van der Waals surface area contributed by atoms with Gasteiger partial charge in [0.15, 0.2) is 0 Å². The number of rotatable bonds is 4. The van der Waals surface area contributed by atoms with Crippen molar-refractivity contribution >= 4 is 17.4 Å². The van der Waals surface area contributed by atoms with Gasteiger partial charge in [0, 0.05) is 18.7 Å². The van der Waals surface area contributed by atoms with Crippen LogP contribution in [0.1, 0.15) is 56.3 Å². The maximum absolute atomic E-state index is 13.4. The number of ketones is 1. The van der Waals surface area contributed by atoms with Crippen LogP contribution in [0.4, 0.5) is 4.39 Å². The van der Waals surface area contributed by atoms with Crippen LogP contribution in [-0.2, 0) is 19.7 Å². The van der Waals surface area contributed by atoms with E-state index in [2.05, 4.69) is 20.8 Å². The third-order valence-electron chi connectivity index (χ3n) is 6.17. The van der Waals surface area contributed by atoms with Gasteiger partial charge in [-0.3, -0.25) is 9.59 Å². The number of likely N-dealkylation sites (tertiary alicyclic amines) is 1. The van der Waals surface area contributed by atoms with Gasteiger partial charge in [-0.15, -0.1) is 0 Å². The minimum Gasteiger partial charge on any atom is -0.507 e. The van der Waals surface area contributed by atoms with E-state index in [1.807, 2.05) is 24.3 Å². The van der Waals surface area contributed by atoms with Crippen molar-refractivity contribution in [2.75, 3.05) is 13.2 Å². The van der Waals surface area contributed by atoms with E-state index in [4.69, 9.17) is 4.74 Å². The molecular formula is C26H28FNO4. The van der Waals surface area contributed by atoms with Gasteiger partial charge in [0.05, 0.1) is 17.7 Å². The van der Waals surface area contributed by atoms with E-state index in [1.165, 1.54) is 29.2 Å². The summed E-state index contributed by atoms with van der Waals surface area (Å²) in [6, 6.07) is 12.3. The largest absolute Gasteiger partial charge is 0.507 e. The van der Waals surface area contributed by atoms with Crippen LogP contribution in [0, 0.1) is 5.82 Å². The third-order valence-corrected chi connectivity index (χ3v) is 6.17. The van der Waals surface area contributed by atoms with Crippen molar-refractivity contribution in [2.45, 2.75) is 51.2 Å². The number of Topliss-reactive ketones (excluding diaryl/α,β-unsaturated/α-hetero) is 1. The Morgan fingerprint density at radius 2 is 1.75 bits per heavy atom. The summed E-state index contributed by atoms with van der Waals surface area (Å²) in [4.78, 5) is 27.6. The first kappa shape index (κ1) is 22.2. The number of nitrogens with zero attached hydrogens (tertiary/aromatic N) is 1. The lowest BCUT2D eigenvalue weighted by Crippen LogP contribution is -2.36. The molecule has 2 heterocycles. The van der Waals surface area contributed by atoms with Crippen molar-refractivity contribution in [2.24, 2.45) is 0 Å². The molecule has 0 radical (unpaired) electrons. The molecule has 5 nitrogen and oxygen atoms in total. The fourth-order valence-electron chi connectivity index (χ4n) is 4.35. The van der Waals surface area contributed by atoms with Crippen LogP contribution in [0.2, 0.25) is 0 Å². The van der Waals surface area contributed by atoms with Gasteiger partial charge in [0.25, 0.3) is 11.7 Å². The van der Waals surface area contributed by atoms with Crippen LogP contribution in [0.3, 0.4) is 0 Å². The maximum atomic E-state index is 13.4. The Balaban J connectivity index is 1.81. The van der Waals surface area contributed by atoms with Crippen LogP contribution in [-0.4, -0.2) is 41.0 Å². The van der Waals surface area contributed by atoms with Crippen LogP contribution < -0.4 is 0 Å². The van der Waals surface area contributed by atoms with E-state index in [-0.39, 0.29) is 35.0 Å². The zero-order valence-electron chi connectivity index (χ0n) is 18.6. The molecule has 0 bridgehead atoms. The molecule has 1 amide bonds. The summed E-state index contributed by atoms with van der Waals surface area (Å²) in [6.45, 7) is 7.24. The summed E-state index contributed by atoms with van der Waals surface area (Å²) in [5, 5.41) is 11.0. The number of hydrogen-bond donors (Lipinski definition) is 1. The molecule has 2 fully saturated rings. The van der Waals surface area contributed by atoms with Gasteiger partial charge < -0.3 is 14.7 Å². The summed E-state index contributed by atoms with van der Waals surface area (Å²) in [6.07, 6.45) is 1.58. The Labute approximate surface area is 187 Å². The molecule has 2 atom stereocenters. The van der Waals surface area contributed by atoms with E-state index in [0.717, 1.165) is 24.0 Å². The van der Waals surface area contributed by atoms with Crippen molar-refractivity contribution in [1.82, 2.24) is 4.90 Å². The second-order valence-electron chi connectivity index (χ2n) is 9.47. The number of aliphatic hydroxyl groups excluding tert-OH is 1. The summed E-state index contributed by atoms with van der Waals surface area (Å²) in [5.74, 6) is -2.15. The zero-order valence-corrected chi connectivity index (χ0v) is 18.6. The highest BCUT2D eigenvalue weighted by Gasteiger charge is 2.47. The van der Waals surface area contributed by atoms with Crippen LogP contribution >= 0.6 is 0 Å². The molecule has 4 rings (SSSR count). The second-order valence-corrected chi connectivity index (χ2v) is 9.47. The smallest absolute Gasteiger partial charge is 0.295 e.